The van der Waals surface area contributed by atoms with Gasteiger partial charge in [-0.15, -0.1) is 0 Å². The predicted octanol–water partition coefficient (Wildman–Crippen LogP) is 6.31. The van der Waals surface area contributed by atoms with Crippen LogP contribution in [0.25, 0.3) is 11.3 Å². The van der Waals surface area contributed by atoms with Crippen molar-refractivity contribution in [1.29, 1.82) is 0 Å². The standard InChI is InChI=1S/C27H36N2O3/c1-2-31-27(30)14-5-3-4-9-22-17-15-20-19-21(16-18-25(20)28-22)24-12-8-13-26(29-24)32-23-10-6-7-11-23/h8,12-13,16,18-19,22-23,28H,2-7,9-11,14-15,17H2,1H3. The Kier molecular flexibility index (Phi) is 8.02. The molecule has 2 aliphatic rings. The summed E-state index contributed by atoms with van der Waals surface area (Å²) in [5.74, 6) is 0.673. The van der Waals surface area contributed by atoms with Crippen molar-refractivity contribution in [3.05, 3.63) is 42.0 Å². The molecular weight excluding hydrogens is 400 g/mol. The van der Waals surface area contributed by atoms with Crippen LogP contribution in [-0.4, -0.2) is 29.7 Å². The molecule has 2 aromatic rings. The van der Waals surface area contributed by atoms with Gasteiger partial charge in [0.15, 0.2) is 0 Å². The van der Waals surface area contributed by atoms with E-state index in [1.165, 1.54) is 24.1 Å². The highest BCUT2D eigenvalue weighted by Crippen LogP contribution is 2.32. The number of pyridine rings is 1. The van der Waals surface area contributed by atoms with E-state index in [4.69, 9.17) is 14.5 Å². The van der Waals surface area contributed by atoms with E-state index < -0.39 is 0 Å². The lowest BCUT2D eigenvalue weighted by Crippen LogP contribution is -2.25. The zero-order chi connectivity index (χ0) is 22.2. The third-order valence-electron chi connectivity index (χ3n) is 6.57. The first-order chi connectivity index (χ1) is 15.7. The first-order valence-electron chi connectivity index (χ1n) is 12.4. The van der Waals surface area contributed by atoms with Gasteiger partial charge in [-0.2, -0.15) is 0 Å². The Morgan fingerprint density at radius 1 is 1.09 bits per heavy atom. The number of nitrogens with zero attached hydrogens (tertiary/aromatic N) is 1. The first-order valence-corrected chi connectivity index (χ1v) is 12.4. The molecular formula is C27H36N2O3. The Morgan fingerprint density at radius 3 is 2.81 bits per heavy atom. The summed E-state index contributed by atoms with van der Waals surface area (Å²) >= 11 is 0. The molecule has 1 aromatic heterocycles. The van der Waals surface area contributed by atoms with Gasteiger partial charge in [-0.05, 0) is 82.1 Å². The molecule has 1 aromatic carbocycles. The van der Waals surface area contributed by atoms with Gasteiger partial charge in [0.2, 0.25) is 5.88 Å². The van der Waals surface area contributed by atoms with E-state index in [1.807, 2.05) is 19.1 Å². The average Bonchev–Trinajstić information content (AvgIpc) is 3.32. The van der Waals surface area contributed by atoms with Crippen molar-refractivity contribution < 1.29 is 14.3 Å². The van der Waals surface area contributed by atoms with Crippen LogP contribution in [0.1, 0.15) is 76.7 Å². The minimum atomic E-state index is -0.0712. The zero-order valence-electron chi connectivity index (χ0n) is 19.3. The molecule has 1 aliphatic carbocycles. The second-order valence-corrected chi connectivity index (χ2v) is 9.04. The van der Waals surface area contributed by atoms with Crippen molar-refractivity contribution >= 4 is 11.7 Å². The molecule has 0 bridgehead atoms. The largest absolute Gasteiger partial charge is 0.474 e. The molecule has 172 valence electrons. The maximum Gasteiger partial charge on any atom is 0.305 e. The molecule has 4 rings (SSSR count). The molecule has 0 radical (unpaired) electrons. The van der Waals surface area contributed by atoms with Crippen molar-refractivity contribution in [2.45, 2.75) is 89.7 Å². The van der Waals surface area contributed by atoms with Crippen LogP contribution in [0.5, 0.6) is 5.88 Å². The summed E-state index contributed by atoms with van der Waals surface area (Å²) < 4.78 is 11.1. The summed E-state index contributed by atoms with van der Waals surface area (Å²) in [7, 11) is 0. The minimum Gasteiger partial charge on any atom is -0.474 e. The number of unbranched alkanes of at least 4 members (excludes halogenated alkanes) is 2. The number of nitrogens with one attached hydrogen (secondary N) is 1. The van der Waals surface area contributed by atoms with Gasteiger partial charge in [-0.25, -0.2) is 4.98 Å². The number of hydrogen-bond acceptors (Lipinski definition) is 5. The SMILES string of the molecule is CCOC(=O)CCCCCC1CCc2cc(-c3cccc(OC4CCCC4)n3)ccc2N1. The van der Waals surface area contributed by atoms with Crippen LogP contribution in [0, 0.1) is 0 Å². The van der Waals surface area contributed by atoms with Gasteiger partial charge in [-0.1, -0.05) is 25.0 Å². The average molecular weight is 437 g/mol. The van der Waals surface area contributed by atoms with Crippen LogP contribution in [0.4, 0.5) is 5.69 Å². The maximum atomic E-state index is 11.4. The Labute approximate surface area is 191 Å². The van der Waals surface area contributed by atoms with Crippen LogP contribution >= 0.6 is 0 Å². The fourth-order valence-electron chi connectivity index (χ4n) is 4.83. The molecule has 1 aliphatic heterocycles. The van der Waals surface area contributed by atoms with E-state index in [0.29, 0.717) is 25.2 Å². The molecule has 1 unspecified atom stereocenters. The molecule has 1 atom stereocenters. The second kappa shape index (κ2) is 11.3. The number of aryl methyl sites for hydroxylation is 1. The van der Waals surface area contributed by atoms with E-state index in [1.54, 1.807) is 0 Å². The number of benzene rings is 1. The molecule has 1 fully saturated rings. The van der Waals surface area contributed by atoms with E-state index in [-0.39, 0.29) is 5.97 Å². The molecule has 1 saturated carbocycles. The van der Waals surface area contributed by atoms with E-state index >= 15 is 0 Å². The third-order valence-corrected chi connectivity index (χ3v) is 6.57. The van der Waals surface area contributed by atoms with Gasteiger partial charge < -0.3 is 14.8 Å². The molecule has 2 heterocycles. The van der Waals surface area contributed by atoms with Crippen LogP contribution < -0.4 is 10.1 Å². The van der Waals surface area contributed by atoms with Gasteiger partial charge in [0.05, 0.1) is 12.3 Å². The first kappa shape index (κ1) is 22.6. The van der Waals surface area contributed by atoms with Gasteiger partial charge in [0.1, 0.15) is 6.10 Å². The van der Waals surface area contributed by atoms with Gasteiger partial charge in [0, 0.05) is 29.8 Å². The maximum absolute atomic E-state index is 11.4. The molecule has 1 N–H and O–H groups in total. The molecule has 5 nitrogen and oxygen atoms in total. The number of anilines is 1. The highest BCUT2D eigenvalue weighted by Gasteiger charge is 2.19. The summed E-state index contributed by atoms with van der Waals surface area (Å²) in [4.78, 5) is 16.2. The lowest BCUT2D eigenvalue weighted by molar-refractivity contribution is -0.143. The van der Waals surface area contributed by atoms with Crippen molar-refractivity contribution in [3.63, 3.8) is 0 Å². The van der Waals surface area contributed by atoms with Crippen LogP contribution in [0.3, 0.4) is 0 Å². The molecule has 32 heavy (non-hydrogen) atoms. The molecule has 0 amide bonds. The number of carbonyl (C=O) groups is 1. The van der Waals surface area contributed by atoms with Crippen molar-refractivity contribution in [2.24, 2.45) is 0 Å². The number of rotatable bonds is 10. The van der Waals surface area contributed by atoms with E-state index in [0.717, 1.165) is 68.5 Å². The number of esters is 1. The van der Waals surface area contributed by atoms with Crippen molar-refractivity contribution in [1.82, 2.24) is 4.98 Å². The summed E-state index contributed by atoms with van der Waals surface area (Å²) in [6.07, 6.45) is 12.2. The van der Waals surface area contributed by atoms with E-state index in [9.17, 15) is 4.79 Å². The van der Waals surface area contributed by atoms with Gasteiger partial charge >= 0.3 is 5.97 Å². The Balaban J connectivity index is 1.28. The Bertz CT molecular complexity index is 892. The lowest BCUT2D eigenvalue weighted by atomic mass is 9.93. The fraction of sp³-hybridized carbons (Fsp3) is 0.556. The lowest BCUT2D eigenvalue weighted by Gasteiger charge is -2.27. The van der Waals surface area contributed by atoms with Gasteiger partial charge in [-0.3, -0.25) is 4.79 Å². The molecule has 0 saturated heterocycles. The monoisotopic (exact) mass is 436 g/mol. The highest BCUT2D eigenvalue weighted by molar-refractivity contribution is 5.69. The predicted molar refractivity (Wildman–Crippen MR) is 128 cm³/mol. The topological polar surface area (TPSA) is 60.5 Å². The number of carbonyl (C=O) groups excluding carboxylic acids is 1. The Hall–Kier alpha value is -2.56. The minimum absolute atomic E-state index is 0.0712. The fourth-order valence-corrected chi connectivity index (χ4v) is 4.83. The second-order valence-electron chi connectivity index (χ2n) is 9.04. The van der Waals surface area contributed by atoms with E-state index in [2.05, 4.69) is 29.6 Å². The van der Waals surface area contributed by atoms with Crippen LogP contribution in [0.2, 0.25) is 0 Å². The quantitative estimate of drug-likeness (QED) is 0.349. The number of aromatic nitrogens is 1. The summed E-state index contributed by atoms with van der Waals surface area (Å²) in [5, 5.41) is 3.72. The number of ether oxygens (including phenoxy) is 2. The van der Waals surface area contributed by atoms with Crippen LogP contribution in [-0.2, 0) is 16.0 Å². The summed E-state index contributed by atoms with van der Waals surface area (Å²) in [6.45, 7) is 2.33. The Morgan fingerprint density at radius 2 is 1.97 bits per heavy atom. The molecule has 5 heteroatoms. The van der Waals surface area contributed by atoms with Crippen LogP contribution in [0.15, 0.2) is 36.4 Å². The van der Waals surface area contributed by atoms with Gasteiger partial charge in [0.25, 0.3) is 0 Å². The highest BCUT2D eigenvalue weighted by atomic mass is 16.5. The summed E-state index contributed by atoms with van der Waals surface area (Å²) in [6, 6.07) is 13.2. The number of hydrogen-bond donors (Lipinski definition) is 1. The third kappa shape index (κ3) is 6.24. The van der Waals surface area contributed by atoms with Crippen molar-refractivity contribution in [3.8, 4) is 17.1 Å². The zero-order valence-corrected chi connectivity index (χ0v) is 19.3. The molecule has 0 spiro atoms. The van der Waals surface area contributed by atoms with Crippen molar-refractivity contribution in [2.75, 3.05) is 11.9 Å². The number of fused-ring (bicyclic) bond motifs is 1. The normalized spacial score (nSPS) is 18.1. The summed E-state index contributed by atoms with van der Waals surface area (Å²) in [5.41, 5.74) is 4.74. The smallest absolute Gasteiger partial charge is 0.305 e.